The van der Waals surface area contributed by atoms with Crippen LogP contribution in [-0.4, -0.2) is 17.3 Å². The normalized spacial score (nSPS) is 18.5. The van der Waals surface area contributed by atoms with Gasteiger partial charge >= 0.3 is 5.91 Å². The third-order valence-electron chi connectivity index (χ3n) is 0.775. The van der Waals surface area contributed by atoms with E-state index in [1.54, 1.807) is 0 Å². The van der Waals surface area contributed by atoms with Crippen LogP contribution in [0.5, 0.6) is 0 Å². The second-order valence-electron chi connectivity index (χ2n) is 1.44. The van der Waals surface area contributed by atoms with Crippen molar-refractivity contribution >= 4 is 5.91 Å². The number of carbonyl (C=O) groups excluding carboxylic acids is 1. The summed E-state index contributed by atoms with van der Waals surface area (Å²) in [6.45, 7) is 0.242. The summed E-state index contributed by atoms with van der Waals surface area (Å²) in [5.41, 5.74) is 2.03. The SMILES string of the molecule is O=C1C=CC[N+](=O)N1. The molecular weight excluding hydrogens is 108 g/mol. The highest BCUT2D eigenvalue weighted by Gasteiger charge is 2.13. The van der Waals surface area contributed by atoms with E-state index in [1.807, 2.05) is 5.43 Å². The molecule has 42 valence electrons. The molecule has 1 heterocycles. The van der Waals surface area contributed by atoms with Crippen molar-refractivity contribution in [3.05, 3.63) is 17.1 Å². The first-order valence-corrected chi connectivity index (χ1v) is 2.21. The summed E-state index contributed by atoms with van der Waals surface area (Å²) in [6.07, 6.45) is 2.83. The first-order valence-electron chi connectivity index (χ1n) is 2.21. The van der Waals surface area contributed by atoms with Gasteiger partial charge in [-0.05, 0) is 6.08 Å². The molecule has 1 aliphatic heterocycles. The van der Waals surface area contributed by atoms with Crippen molar-refractivity contribution in [1.29, 1.82) is 0 Å². The maximum absolute atomic E-state index is 10.2. The highest BCUT2D eigenvalue weighted by Crippen LogP contribution is 1.81. The van der Waals surface area contributed by atoms with Gasteiger partial charge in [-0.3, -0.25) is 4.79 Å². The lowest BCUT2D eigenvalue weighted by molar-refractivity contribution is -0.586. The molecule has 0 fully saturated rings. The van der Waals surface area contributed by atoms with E-state index in [2.05, 4.69) is 0 Å². The number of nitrogens with one attached hydrogen (secondary N) is 1. The molecule has 0 unspecified atom stereocenters. The van der Waals surface area contributed by atoms with E-state index in [4.69, 9.17) is 0 Å². The Kier molecular flexibility index (Phi) is 1.07. The minimum atomic E-state index is -0.355. The van der Waals surface area contributed by atoms with Crippen LogP contribution in [0.2, 0.25) is 0 Å². The molecule has 0 saturated carbocycles. The standard InChI is InChI=1S/C4H4N2O2/c7-4-2-1-3-6(8)5-4/h1-2H,3H2/p+1. The molecule has 0 atom stereocenters. The van der Waals surface area contributed by atoms with Gasteiger partial charge in [0, 0.05) is 6.08 Å². The molecule has 0 aromatic carbocycles. The van der Waals surface area contributed by atoms with Crippen LogP contribution in [0.25, 0.3) is 0 Å². The van der Waals surface area contributed by atoms with Gasteiger partial charge in [0.15, 0.2) is 0 Å². The number of nitroso groups, excluding NO2 is 1. The van der Waals surface area contributed by atoms with E-state index in [0.717, 1.165) is 0 Å². The zero-order valence-corrected chi connectivity index (χ0v) is 4.13. The molecule has 0 aromatic heterocycles. The maximum atomic E-state index is 10.2. The molecule has 1 N–H and O–H groups in total. The molecule has 1 rings (SSSR count). The smallest absolute Gasteiger partial charge is 0.264 e. The molecule has 4 nitrogen and oxygen atoms in total. The minimum absolute atomic E-state index is 0.242. The number of amides is 1. The third kappa shape index (κ3) is 0.900. The molecular formula is C4H5N2O2+. The quantitative estimate of drug-likeness (QED) is 0.425. The van der Waals surface area contributed by atoms with Crippen molar-refractivity contribution in [2.75, 3.05) is 6.54 Å². The summed E-state index contributed by atoms with van der Waals surface area (Å²) < 4.78 is 0. The highest BCUT2D eigenvalue weighted by atomic mass is 16.3. The van der Waals surface area contributed by atoms with Crippen molar-refractivity contribution < 1.29 is 9.66 Å². The number of hydrogen-bond acceptors (Lipinski definition) is 2. The van der Waals surface area contributed by atoms with Crippen LogP contribution >= 0.6 is 0 Å². The molecule has 0 radical (unpaired) electrons. The topological polar surface area (TPSA) is 49.2 Å². The lowest BCUT2D eigenvalue weighted by Crippen LogP contribution is -2.34. The van der Waals surface area contributed by atoms with Crippen LogP contribution in [0.15, 0.2) is 12.2 Å². The minimum Gasteiger partial charge on any atom is -0.264 e. The fourth-order valence-electron chi connectivity index (χ4n) is 0.461. The fourth-order valence-corrected chi connectivity index (χ4v) is 0.461. The Hall–Kier alpha value is -1.19. The van der Waals surface area contributed by atoms with Gasteiger partial charge in [-0.2, -0.15) is 0 Å². The number of rotatable bonds is 0. The Bertz CT molecular complexity index is 161. The molecule has 1 amide bonds. The Morgan fingerprint density at radius 3 is 2.88 bits per heavy atom. The van der Waals surface area contributed by atoms with Crippen molar-refractivity contribution in [1.82, 2.24) is 5.43 Å². The van der Waals surface area contributed by atoms with E-state index in [0.29, 0.717) is 4.87 Å². The lowest BCUT2D eigenvalue weighted by Gasteiger charge is -1.92. The third-order valence-corrected chi connectivity index (χ3v) is 0.775. The Morgan fingerprint density at radius 1 is 1.75 bits per heavy atom. The zero-order valence-electron chi connectivity index (χ0n) is 4.13. The monoisotopic (exact) mass is 113 g/mol. The van der Waals surface area contributed by atoms with Crippen molar-refractivity contribution in [2.45, 2.75) is 0 Å². The predicted molar refractivity (Wildman–Crippen MR) is 25.8 cm³/mol. The van der Waals surface area contributed by atoms with Gasteiger partial charge < -0.3 is 0 Å². The first-order chi connectivity index (χ1) is 3.79. The first kappa shape index (κ1) is 4.96. The second kappa shape index (κ2) is 1.73. The number of carbonyl (C=O) groups is 1. The van der Waals surface area contributed by atoms with Crippen LogP contribution in [0.1, 0.15) is 0 Å². The van der Waals surface area contributed by atoms with Crippen LogP contribution in [0.3, 0.4) is 0 Å². The summed E-state index contributed by atoms with van der Waals surface area (Å²) in [4.78, 5) is 20.9. The Balaban J connectivity index is 2.68. The summed E-state index contributed by atoms with van der Waals surface area (Å²) in [6, 6.07) is 0. The van der Waals surface area contributed by atoms with Crippen molar-refractivity contribution in [3.8, 4) is 0 Å². The highest BCUT2D eigenvalue weighted by molar-refractivity contribution is 5.86. The van der Waals surface area contributed by atoms with E-state index >= 15 is 0 Å². The summed E-state index contributed by atoms with van der Waals surface area (Å²) >= 11 is 0. The summed E-state index contributed by atoms with van der Waals surface area (Å²) in [7, 11) is 0. The molecule has 4 heteroatoms. The average Bonchev–Trinajstić information content (AvgIpc) is 1.64. The van der Waals surface area contributed by atoms with Gasteiger partial charge in [0.2, 0.25) is 6.54 Å². The molecule has 1 aliphatic rings. The number of hydrogen-bond donors (Lipinski definition) is 1. The molecule has 0 aromatic rings. The molecule has 0 aliphatic carbocycles. The Labute approximate surface area is 45.7 Å². The summed E-state index contributed by atoms with van der Waals surface area (Å²) in [5.74, 6) is -0.355. The van der Waals surface area contributed by atoms with Crippen molar-refractivity contribution in [2.24, 2.45) is 0 Å². The average molecular weight is 113 g/mol. The van der Waals surface area contributed by atoms with Gasteiger partial charge in [0.1, 0.15) is 4.87 Å². The number of nitrogens with zero attached hydrogens (tertiary/aromatic N) is 1. The van der Waals surface area contributed by atoms with E-state index < -0.39 is 0 Å². The largest absolute Gasteiger partial charge is 0.302 e. The fraction of sp³-hybridized carbons (Fsp3) is 0.250. The molecule has 0 spiro atoms. The van der Waals surface area contributed by atoms with E-state index in [-0.39, 0.29) is 12.5 Å². The second-order valence-corrected chi connectivity index (χ2v) is 1.44. The maximum Gasteiger partial charge on any atom is 0.302 e. The van der Waals surface area contributed by atoms with Gasteiger partial charge in [0.05, 0.1) is 4.91 Å². The molecule has 8 heavy (non-hydrogen) atoms. The van der Waals surface area contributed by atoms with Gasteiger partial charge in [-0.1, -0.05) is 5.43 Å². The Morgan fingerprint density at radius 2 is 2.50 bits per heavy atom. The van der Waals surface area contributed by atoms with E-state index in [1.165, 1.54) is 12.2 Å². The zero-order chi connectivity index (χ0) is 5.98. The van der Waals surface area contributed by atoms with Crippen LogP contribution in [0.4, 0.5) is 0 Å². The van der Waals surface area contributed by atoms with Crippen LogP contribution in [0, 0.1) is 4.91 Å². The number of hydrazine groups is 1. The predicted octanol–water partition coefficient (Wildman–Crippen LogP) is -0.634. The summed E-state index contributed by atoms with van der Waals surface area (Å²) in [5, 5.41) is 0. The van der Waals surface area contributed by atoms with Gasteiger partial charge in [-0.15, -0.1) is 0 Å². The van der Waals surface area contributed by atoms with Crippen LogP contribution < -0.4 is 5.43 Å². The van der Waals surface area contributed by atoms with Crippen molar-refractivity contribution in [3.63, 3.8) is 0 Å². The van der Waals surface area contributed by atoms with Gasteiger partial charge in [-0.25, -0.2) is 0 Å². The van der Waals surface area contributed by atoms with Gasteiger partial charge in [0.25, 0.3) is 0 Å². The molecule has 0 bridgehead atoms. The van der Waals surface area contributed by atoms with Crippen LogP contribution in [-0.2, 0) is 4.79 Å². The molecule has 0 saturated heterocycles. The lowest BCUT2D eigenvalue weighted by atomic mass is 10.4. The van der Waals surface area contributed by atoms with E-state index in [9.17, 15) is 9.70 Å².